The molecule has 3 rings (SSSR count). The van der Waals surface area contributed by atoms with Crippen molar-refractivity contribution in [1.29, 1.82) is 0 Å². The molecule has 0 unspecified atom stereocenters. The number of aryl methyl sites for hydroxylation is 1. The summed E-state index contributed by atoms with van der Waals surface area (Å²) in [4.78, 5) is 27.8. The van der Waals surface area contributed by atoms with E-state index in [1.807, 2.05) is 54.1 Å². The number of carbonyl (C=O) groups excluding carboxylic acids is 1. The zero-order valence-corrected chi connectivity index (χ0v) is 14.4. The molecule has 24 heavy (non-hydrogen) atoms. The Hall–Kier alpha value is -2.47. The Morgan fingerprint density at radius 3 is 2.42 bits per heavy atom. The number of likely N-dealkylation sites (N-methyl/N-ethyl adjacent to an activating group) is 1. The second-order valence-electron chi connectivity index (χ2n) is 6.18. The molecule has 0 radical (unpaired) electrons. The van der Waals surface area contributed by atoms with E-state index >= 15 is 0 Å². The molecule has 1 aliphatic heterocycles. The molecule has 2 heterocycles. The highest BCUT2D eigenvalue weighted by molar-refractivity contribution is 5.92. The standard InChI is InChI=1S/C18H23N5O/c1-14-13-16(17(24)23-11-9-21(2)10-12-23)20-18(19-14)22(3)15-7-5-4-6-8-15/h4-8,13H,9-12H2,1-3H3. The third kappa shape index (κ3) is 3.54. The number of amides is 1. The van der Waals surface area contributed by atoms with Crippen molar-refractivity contribution in [1.82, 2.24) is 19.8 Å². The Bertz CT molecular complexity index is 711. The molecule has 0 atom stereocenters. The Kier molecular flexibility index (Phi) is 4.76. The van der Waals surface area contributed by atoms with Gasteiger partial charge in [-0.1, -0.05) is 18.2 Å². The van der Waals surface area contributed by atoms with Crippen LogP contribution in [-0.4, -0.2) is 65.9 Å². The van der Waals surface area contributed by atoms with E-state index in [2.05, 4.69) is 21.9 Å². The van der Waals surface area contributed by atoms with Gasteiger partial charge in [-0.05, 0) is 32.2 Å². The molecule has 1 fully saturated rings. The van der Waals surface area contributed by atoms with Crippen molar-refractivity contribution in [2.75, 3.05) is 45.2 Å². The van der Waals surface area contributed by atoms with E-state index in [9.17, 15) is 4.79 Å². The van der Waals surface area contributed by atoms with Gasteiger partial charge >= 0.3 is 0 Å². The summed E-state index contributed by atoms with van der Waals surface area (Å²) in [5, 5.41) is 0. The third-order valence-electron chi connectivity index (χ3n) is 4.30. The van der Waals surface area contributed by atoms with E-state index < -0.39 is 0 Å². The van der Waals surface area contributed by atoms with Gasteiger partial charge in [-0.3, -0.25) is 4.79 Å². The van der Waals surface area contributed by atoms with E-state index in [4.69, 9.17) is 0 Å². The lowest BCUT2D eigenvalue weighted by Crippen LogP contribution is -2.47. The summed E-state index contributed by atoms with van der Waals surface area (Å²) in [6.07, 6.45) is 0. The van der Waals surface area contributed by atoms with Gasteiger partial charge in [-0.25, -0.2) is 9.97 Å². The van der Waals surface area contributed by atoms with E-state index in [1.165, 1.54) is 0 Å². The Balaban J connectivity index is 1.85. The largest absolute Gasteiger partial charge is 0.335 e. The summed E-state index contributed by atoms with van der Waals surface area (Å²) in [6, 6.07) is 11.7. The Morgan fingerprint density at radius 1 is 1.08 bits per heavy atom. The van der Waals surface area contributed by atoms with Gasteiger partial charge in [-0.2, -0.15) is 0 Å². The predicted molar refractivity (Wildman–Crippen MR) is 94.7 cm³/mol. The van der Waals surface area contributed by atoms with Crippen molar-refractivity contribution in [2.24, 2.45) is 0 Å². The van der Waals surface area contributed by atoms with E-state index in [0.29, 0.717) is 11.6 Å². The summed E-state index contributed by atoms with van der Waals surface area (Å²) >= 11 is 0. The molecule has 6 nitrogen and oxygen atoms in total. The number of hydrogen-bond acceptors (Lipinski definition) is 5. The van der Waals surface area contributed by atoms with Gasteiger partial charge in [0.15, 0.2) is 0 Å². The molecule has 1 aromatic carbocycles. The number of benzene rings is 1. The van der Waals surface area contributed by atoms with Crippen LogP contribution in [-0.2, 0) is 0 Å². The van der Waals surface area contributed by atoms with Crippen molar-refractivity contribution in [3.05, 3.63) is 47.8 Å². The molecule has 0 spiro atoms. The molecular formula is C18H23N5O. The first-order chi connectivity index (χ1) is 11.5. The number of para-hydroxylation sites is 1. The van der Waals surface area contributed by atoms with Crippen molar-refractivity contribution < 1.29 is 4.79 Å². The molecule has 1 saturated heterocycles. The molecular weight excluding hydrogens is 302 g/mol. The maximum atomic E-state index is 12.8. The van der Waals surface area contributed by atoms with Gasteiger partial charge in [-0.15, -0.1) is 0 Å². The van der Waals surface area contributed by atoms with E-state index in [1.54, 1.807) is 6.07 Å². The first-order valence-corrected chi connectivity index (χ1v) is 8.17. The van der Waals surface area contributed by atoms with Crippen molar-refractivity contribution in [3.8, 4) is 0 Å². The zero-order chi connectivity index (χ0) is 17.1. The smallest absolute Gasteiger partial charge is 0.272 e. The topological polar surface area (TPSA) is 52.6 Å². The van der Waals surface area contributed by atoms with Gasteiger partial charge in [0.25, 0.3) is 5.91 Å². The first kappa shape index (κ1) is 16.4. The van der Waals surface area contributed by atoms with Crippen LogP contribution in [0.5, 0.6) is 0 Å². The summed E-state index contributed by atoms with van der Waals surface area (Å²) in [5.41, 5.74) is 2.24. The lowest BCUT2D eigenvalue weighted by molar-refractivity contribution is 0.0658. The minimum atomic E-state index is -0.0173. The van der Waals surface area contributed by atoms with E-state index in [0.717, 1.165) is 37.6 Å². The normalized spacial score (nSPS) is 15.4. The fourth-order valence-corrected chi connectivity index (χ4v) is 2.75. The minimum absolute atomic E-state index is 0.0173. The lowest BCUT2D eigenvalue weighted by atomic mass is 10.2. The van der Waals surface area contributed by atoms with Crippen LogP contribution in [0.25, 0.3) is 0 Å². The average Bonchev–Trinajstić information content (AvgIpc) is 2.61. The molecule has 0 aliphatic carbocycles. The fraction of sp³-hybridized carbons (Fsp3) is 0.389. The average molecular weight is 325 g/mol. The number of hydrogen-bond donors (Lipinski definition) is 0. The number of carbonyl (C=O) groups is 1. The molecule has 0 saturated carbocycles. The van der Waals surface area contributed by atoms with Crippen LogP contribution in [0.1, 0.15) is 16.2 Å². The van der Waals surface area contributed by atoms with Crippen LogP contribution in [0.15, 0.2) is 36.4 Å². The number of piperazine rings is 1. The van der Waals surface area contributed by atoms with Crippen LogP contribution >= 0.6 is 0 Å². The van der Waals surface area contributed by atoms with Crippen LogP contribution in [0.3, 0.4) is 0 Å². The number of rotatable bonds is 3. The molecule has 2 aromatic rings. The quantitative estimate of drug-likeness (QED) is 0.863. The SMILES string of the molecule is Cc1cc(C(=O)N2CCN(C)CC2)nc(N(C)c2ccccc2)n1. The number of aromatic nitrogens is 2. The zero-order valence-electron chi connectivity index (χ0n) is 14.4. The first-order valence-electron chi connectivity index (χ1n) is 8.17. The van der Waals surface area contributed by atoms with Gasteiger partial charge in [0.05, 0.1) is 0 Å². The summed E-state index contributed by atoms with van der Waals surface area (Å²) in [5.74, 6) is 0.523. The number of anilines is 2. The third-order valence-corrected chi connectivity index (χ3v) is 4.30. The second-order valence-corrected chi connectivity index (χ2v) is 6.18. The minimum Gasteiger partial charge on any atom is -0.335 e. The monoisotopic (exact) mass is 325 g/mol. The van der Waals surface area contributed by atoms with Gasteiger partial charge in [0, 0.05) is 44.6 Å². The fourth-order valence-electron chi connectivity index (χ4n) is 2.75. The van der Waals surface area contributed by atoms with Crippen LogP contribution < -0.4 is 4.90 Å². The van der Waals surface area contributed by atoms with Gasteiger partial charge < -0.3 is 14.7 Å². The molecule has 1 aliphatic rings. The molecule has 6 heteroatoms. The maximum absolute atomic E-state index is 12.8. The van der Waals surface area contributed by atoms with Crippen LogP contribution in [0, 0.1) is 6.92 Å². The summed E-state index contributed by atoms with van der Waals surface area (Å²) in [7, 11) is 3.98. The van der Waals surface area contributed by atoms with Crippen LogP contribution in [0.2, 0.25) is 0 Å². The maximum Gasteiger partial charge on any atom is 0.272 e. The van der Waals surface area contributed by atoms with Gasteiger partial charge in [0.2, 0.25) is 5.95 Å². The molecule has 0 N–H and O–H groups in total. The van der Waals surface area contributed by atoms with Crippen molar-refractivity contribution in [3.63, 3.8) is 0 Å². The second kappa shape index (κ2) is 6.97. The Morgan fingerprint density at radius 2 is 1.75 bits per heavy atom. The molecule has 1 amide bonds. The molecule has 126 valence electrons. The van der Waals surface area contributed by atoms with Gasteiger partial charge in [0.1, 0.15) is 5.69 Å². The van der Waals surface area contributed by atoms with Crippen molar-refractivity contribution >= 4 is 17.5 Å². The summed E-state index contributed by atoms with van der Waals surface area (Å²) in [6.45, 7) is 5.16. The predicted octanol–water partition coefficient (Wildman–Crippen LogP) is 1.94. The number of nitrogens with zero attached hydrogens (tertiary/aromatic N) is 5. The van der Waals surface area contributed by atoms with E-state index in [-0.39, 0.29) is 5.91 Å². The summed E-state index contributed by atoms with van der Waals surface area (Å²) < 4.78 is 0. The lowest BCUT2D eigenvalue weighted by Gasteiger charge is -2.32. The highest BCUT2D eigenvalue weighted by atomic mass is 16.2. The Labute approximate surface area is 142 Å². The highest BCUT2D eigenvalue weighted by Crippen LogP contribution is 2.20. The molecule has 0 bridgehead atoms. The highest BCUT2D eigenvalue weighted by Gasteiger charge is 2.22. The van der Waals surface area contributed by atoms with Crippen molar-refractivity contribution in [2.45, 2.75) is 6.92 Å². The molecule has 1 aromatic heterocycles. The van der Waals surface area contributed by atoms with Crippen LogP contribution in [0.4, 0.5) is 11.6 Å².